The van der Waals surface area contributed by atoms with Crippen LogP contribution in [0.2, 0.25) is 0 Å². The molecule has 0 aromatic heterocycles. The second-order valence-corrected chi connectivity index (χ2v) is 12.5. The number of carboxylic acids is 1. The van der Waals surface area contributed by atoms with Crippen molar-refractivity contribution in [2.75, 3.05) is 18.0 Å². The molecule has 0 bridgehead atoms. The van der Waals surface area contributed by atoms with Gasteiger partial charge in [-0.3, -0.25) is 14.5 Å². The van der Waals surface area contributed by atoms with E-state index in [-0.39, 0.29) is 43.5 Å². The maximum atomic E-state index is 13.9. The smallest absolute Gasteiger partial charge is 0.397 e. The van der Waals surface area contributed by atoms with Gasteiger partial charge in [-0.2, -0.15) is 13.2 Å². The first kappa shape index (κ1) is 33.1. The van der Waals surface area contributed by atoms with Crippen LogP contribution in [0, 0.1) is 11.3 Å². The molecule has 0 radical (unpaired) electrons. The van der Waals surface area contributed by atoms with Gasteiger partial charge in [0.25, 0.3) is 0 Å². The zero-order valence-corrected chi connectivity index (χ0v) is 25.6. The number of amides is 3. The molecule has 1 fully saturated rings. The fourth-order valence-electron chi connectivity index (χ4n) is 6.01. The Kier molecular flexibility index (Phi) is 10.4. The topological polar surface area (TPSA) is 98.7 Å². The fraction of sp³-hybridized carbons (Fsp3) is 0.500. The minimum absolute atomic E-state index is 0.0269. The molecule has 10 heteroatoms. The van der Waals surface area contributed by atoms with Gasteiger partial charge in [0.2, 0.25) is 5.91 Å². The molecule has 44 heavy (non-hydrogen) atoms. The molecule has 3 aliphatic rings. The van der Waals surface area contributed by atoms with E-state index < -0.39 is 23.6 Å². The number of nitrogens with one attached hydrogen (secondary N) is 2. The number of benzene rings is 1. The van der Waals surface area contributed by atoms with E-state index in [2.05, 4.69) is 10.6 Å². The van der Waals surface area contributed by atoms with Gasteiger partial charge >= 0.3 is 18.2 Å². The lowest BCUT2D eigenvalue weighted by Gasteiger charge is -2.34. The number of alkyl halides is 3. The first-order valence-electron chi connectivity index (χ1n) is 15.3. The van der Waals surface area contributed by atoms with E-state index in [0.717, 1.165) is 31.4 Å². The zero-order chi connectivity index (χ0) is 32.1. The Bertz CT molecular complexity index is 1370. The zero-order valence-electron chi connectivity index (χ0n) is 25.6. The van der Waals surface area contributed by atoms with Crippen molar-refractivity contribution in [3.05, 3.63) is 76.5 Å². The van der Waals surface area contributed by atoms with Crippen molar-refractivity contribution in [1.29, 1.82) is 0 Å². The third kappa shape index (κ3) is 8.01. The number of allylic oxidation sites excluding steroid dienone is 6. The molecule has 3 aliphatic carbocycles. The highest BCUT2D eigenvalue weighted by molar-refractivity contribution is 5.95. The summed E-state index contributed by atoms with van der Waals surface area (Å²) in [5.41, 5.74) is 1.95. The summed E-state index contributed by atoms with van der Waals surface area (Å²) in [6, 6.07) is 7.35. The van der Waals surface area contributed by atoms with E-state index in [4.69, 9.17) is 5.11 Å². The minimum atomic E-state index is -4.47. The lowest BCUT2D eigenvalue weighted by atomic mass is 9.79. The van der Waals surface area contributed by atoms with Crippen LogP contribution in [-0.2, 0) is 9.59 Å². The van der Waals surface area contributed by atoms with Crippen LogP contribution in [0.5, 0.6) is 0 Å². The lowest BCUT2D eigenvalue weighted by molar-refractivity contribution is -0.200. The number of urea groups is 1. The third-order valence-corrected chi connectivity index (χ3v) is 9.07. The van der Waals surface area contributed by atoms with Crippen LogP contribution < -0.4 is 15.5 Å². The van der Waals surface area contributed by atoms with Crippen molar-refractivity contribution in [2.24, 2.45) is 11.3 Å². The lowest BCUT2D eigenvalue weighted by Crippen LogP contribution is -2.44. The predicted octanol–water partition coefficient (Wildman–Crippen LogP) is 7.54. The van der Waals surface area contributed by atoms with Crippen molar-refractivity contribution < 1.29 is 32.7 Å². The summed E-state index contributed by atoms with van der Waals surface area (Å²) in [7, 11) is 0. The summed E-state index contributed by atoms with van der Waals surface area (Å²) < 4.78 is 41.6. The number of anilines is 1. The number of hydrogen-bond acceptors (Lipinski definition) is 3. The maximum absolute atomic E-state index is 13.9. The second-order valence-electron chi connectivity index (χ2n) is 12.5. The Balaban J connectivity index is 1.58. The summed E-state index contributed by atoms with van der Waals surface area (Å²) in [4.78, 5) is 38.7. The Hall–Kier alpha value is -3.82. The highest BCUT2D eigenvalue weighted by atomic mass is 19.4. The largest absolute Gasteiger partial charge is 0.481 e. The van der Waals surface area contributed by atoms with Gasteiger partial charge in [-0.25, -0.2) is 4.79 Å². The molecule has 0 aliphatic heterocycles. The van der Waals surface area contributed by atoms with Gasteiger partial charge in [0.05, 0.1) is 11.8 Å². The second kappa shape index (κ2) is 13.9. The first-order valence-corrected chi connectivity index (χ1v) is 15.3. The Labute approximate surface area is 257 Å². The molecule has 0 heterocycles. The van der Waals surface area contributed by atoms with E-state index in [1.54, 1.807) is 24.0 Å². The summed E-state index contributed by atoms with van der Waals surface area (Å²) in [5.74, 6) is -0.957. The fourth-order valence-corrected chi connectivity index (χ4v) is 6.01. The molecule has 0 spiro atoms. The van der Waals surface area contributed by atoms with Gasteiger partial charge in [0.15, 0.2) is 0 Å². The van der Waals surface area contributed by atoms with Gasteiger partial charge in [-0.15, -0.1) is 0 Å². The summed E-state index contributed by atoms with van der Waals surface area (Å²) in [6.07, 6.45) is 7.32. The summed E-state index contributed by atoms with van der Waals surface area (Å²) in [5, 5.41) is 14.2. The minimum Gasteiger partial charge on any atom is -0.481 e. The molecular weight excluding hydrogens is 571 g/mol. The maximum Gasteiger partial charge on any atom is 0.397 e. The van der Waals surface area contributed by atoms with Crippen LogP contribution in [0.1, 0.15) is 83.6 Å². The summed E-state index contributed by atoms with van der Waals surface area (Å²) in [6.45, 7) is 4.96. The molecule has 7 nitrogen and oxygen atoms in total. The van der Waals surface area contributed by atoms with Crippen LogP contribution in [0.4, 0.5) is 23.7 Å². The highest BCUT2D eigenvalue weighted by Crippen LogP contribution is 2.46. The van der Waals surface area contributed by atoms with Crippen molar-refractivity contribution >= 4 is 23.6 Å². The predicted molar refractivity (Wildman–Crippen MR) is 164 cm³/mol. The van der Waals surface area contributed by atoms with E-state index >= 15 is 0 Å². The molecule has 2 atom stereocenters. The number of hydrogen-bond donors (Lipinski definition) is 3. The molecule has 2 unspecified atom stereocenters. The van der Waals surface area contributed by atoms with E-state index in [9.17, 15) is 27.6 Å². The van der Waals surface area contributed by atoms with Gasteiger partial charge in [-0.05, 0) is 73.8 Å². The molecular formula is C34H42F3N3O4. The quantitative estimate of drug-likeness (QED) is 0.268. The molecule has 3 N–H and O–H groups in total. The SMILES string of the molecule is CC1=C(NC(=O)N(CC2=CC=C(C(=O)NCCC(=O)O)CC2C)c2ccc(C3CCCCC3)cc2)CC(C)(C(F)(F)F)C=C1. The Morgan fingerprint density at radius 2 is 1.75 bits per heavy atom. The molecule has 4 rings (SSSR count). The van der Waals surface area contributed by atoms with Crippen molar-refractivity contribution in [1.82, 2.24) is 10.6 Å². The van der Waals surface area contributed by atoms with E-state index in [1.807, 2.05) is 31.2 Å². The van der Waals surface area contributed by atoms with Crippen molar-refractivity contribution in [2.45, 2.75) is 84.2 Å². The number of carbonyl (C=O) groups excluding carboxylic acids is 2. The number of nitrogens with zero attached hydrogens (tertiary/aromatic N) is 1. The van der Waals surface area contributed by atoms with Gasteiger partial charge in [-0.1, -0.05) is 62.6 Å². The van der Waals surface area contributed by atoms with E-state index in [0.29, 0.717) is 29.2 Å². The van der Waals surface area contributed by atoms with Gasteiger partial charge < -0.3 is 15.7 Å². The van der Waals surface area contributed by atoms with Crippen LogP contribution in [0.3, 0.4) is 0 Å². The normalized spacial score (nSPS) is 22.6. The average molecular weight is 614 g/mol. The van der Waals surface area contributed by atoms with Crippen LogP contribution in [0.25, 0.3) is 0 Å². The molecule has 0 saturated heterocycles. The molecule has 1 aromatic rings. The Morgan fingerprint density at radius 1 is 1.07 bits per heavy atom. The van der Waals surface area contributed by atoms with Crippen LogP contribution >= 0.6 is 0 Å². The molecule has 238 valence electrons. The number of aliphatic carboxylic acids is 1. The number of rotatable bonds is 9. The summed E-state index contributed by atoms with van der Waals surface area (Å²) >= 11 is 0. The van der Waals surface area contributed by atoms with Crippen LogP contribution in [-0.4, -0.2) is 42.3 Å². The van der Waals surface area contributed by atoms with Gasteiger partial charge in [0.1, 0.15) is 0 Å². The average Bonchev–Trinajstić information content (AvgIpc) is 2.98. The molecule has 1 saturated carbocycles. The third-order valence-electron chi connectivity index (χ3n) is 9.07. The van der Waals surface area contributed by atoms with Crippen LogP contribution in [0.15, 0.2) is 71.0 Å². The standard InChI is InChI=1S/C34H42F3N3O4/c1-22-15-17-33(3,34(35,36)37)20-29(22)39-32(44)40(28-13-11-25(12-14-28)24-7-5-4-6-8-24)21-27-10-9-26(19-23(27)2)31(43)38-18-16-30(41)42/h9-15,17,23-24H,4-8,16,18-21H2,1-3H3,(H,38,43)(H,39,44)(H,41,42). The number of halogens is 3. The molecule has 3 amide bonds. The monoisotopic (exact) mass is 613 g/mol. The van der Waals surface area contributed by atoms with E-state index in [1.165, 1.54) is 30.9 Å². The first-order chi connectivity index (χ1) is 20.8. The Morgan fingerprint density at radius 3 is 2.36 bits per heavy atom. The van der Waals surface area contributed by atoms with Crippen molar-refractivity contribution in [3.63, 3.8) is 0 Å². The number of carbonyl (C=O) groups is 3. The molecule has 1 aromatic carbocycles. The highest BCUT2D eigenvalue weighted by Gasteiger charge is 2.50. The number of carboxylic acid groups (broad SMARTS) is 1. The van der Waals surface area contributed by atoms with Crippen molar-refractivity contribution in [3.8, 4) is 0 Å². The van der Waals surface area contributed by atoms with Gasteiger partial charge in [0, 0.05) is 36.5 Å².